The molecular formula is C28H27BrN6O. The first-order valence-electron chi connectivity index (χ1n) is 11.7. The third-order valence-electron chi connectivity index (χ3n) is 6.54. The highest BCUT2D eigenvalue weighted by molar-refractivity contribution is 9.10. The van der Waals surface area contributed by atoms with Crippen molar-refractivity contribution in [3.8, 4) is 11.3 Å². The molecule has 0 aliphatic heterocycles. The monoisotopic (exact) mass is 542 g/mol. The number of amides is 1. The Morgan fingerprint density at radius 3 is 2.42 bits per heavy atom. The van der Waals surface area contributed by atoms with Crippen LogP contribution in [0.1, 0.15) is 38.7 Å². The van der Waals surface area contributed by atoms with Gasteiger partial charge in [0.1, 0.15) is 0 Å². The van der Waals surface area contributed by atoms with Crippen LogP contribution in [0.2, 0.25) is 0 Å². The quantitative estimate of drug-likeness (QED) is 0.290. The Balaban J connectivity index is 1.49. The zero-order valence-electron chi connectivity index (χ0n) is 20.9. The van der Waals surface area contributed by atoms with Crippen molar-refractivity contribution in [2.75, 3.05) is 5.32 Å². The molecule has 0 unspecified atom stereocenters. The molecule has 0 bridgehead atoms. The predicted molar refractivity (Wildman–Crippen MR) is 146 cm³/mol. The van der Waals surface area contributed by atoms with E-state index in [0.717, 1.165) is 60.7 Å². The molecule has 182 valence electrons. The van der Waals surface area contributed by atoms with Gasteiger partial charge < -0.3 is 5.32 Å². The molecule has 3 aromatic heterocycles. The molecule has 0 radical (unpaired) electrons. The number of pyridine rings is 1. The van der Waals surface area contributed by atoms with E-state index in [2.05, 4.69) is 31.4 Å². The zero-order valence-corrected chi connectivity index (χ0v) is 22.5. The van der Waals surface area contributed by atoms with Crippen LogP contribution in [0.5, 0.6) is 0 Å². The Bertz CT molecular complexity index is 1630. The number of hydrogen-bond acceptors (Lipinski definition) is 4. The second kappa shape index (κ2) is 9.35. The molecule has 0 saturated carbocycles. The Labute approximate surface area is 218 Å². The summed E-state index contributed by atoms with van der Waals surface area (Å²) < 4.78 is 4.82. The molecule has 0 saturated heterocycles. The Morgan fingerprint density at radius 2 is 1.72 bits per heavy atom. The second-order valence-corrected chi connectivity index (χ2v) is 9.83. The molecule has 0 atom stereocenters. The summed E-state index contributed by atoms with van der Waals surface area (Å²) in [5, 5.41) is 13.0. The van der Waals surface area contributed by atoms with E-state index in [4.69, 9.17) is 4.98 Å². The molecule has 3 heterocycles. The van der Waals surface area contributed by atoms with Crippen molar-refractivity contribution in [2.24, 2.45) is 7.05 Å². The van der Waals surface area contributed by atoms with Crippen molar-refractivity contribution in [1.82, 2.24) is 24.5 Å². The second-order valence-electron chi connectivity index (χ2n) is 9.04. The first-order chi connectivity index (χ1) is 17.2. The molecule has 0 spiro atoms. The van der Waals surface area contributed by atoms with Crippen LogP contribution >= 0.6 is 15.9 Å². The van der Waals surface area contributed by atoms with Crippen LogP contribution in [-0.2, 0) is 13.6 Å². The van der Waals surface area contributed by atoms with Crippen LogP contribution in [0.4, 0.5) is 5.69 Å². The lowest BCUT2D eigenvalue weighted by atomic mass is 10.0. The number of nitrogens with one attached hydrogen (secondary N) is 1. The molecular weight excluding hydrogens is 516 g/mol. The number of nitrogens with zero attached hydrogens (tertiary/aromatic N) is 5. The largest absolute Gasteiger partial charge is 0.322 e. The summed E-state index contributed by atoms with van der Waals surface area (Å²) in [7, 11) is 1.91. The van der Waals surface area contributed by atoms with Crippen LogP contribution in [0.25, 0.3) is 22.2 Å². The van der Waals surface area contributed by atoms with Gasteiger partial charge in [0.05, 0.1) is 44.9 Å². The number of halogens is 1. The normalized spacial score (nSPS) is 11.3. The summed E-state index contributed by atoms with van der Waals surface area (Å²) >= 11 is 3.59. The third-order valence-corrected chi connectivity index (χ3v) is 7.68. The highest BCUT2D eigenvalue weighted by atomic mass is 79.9. The lowest BCUT2D eigenvalue weighted by Crippen LogP contribution is -2.13. The van der Waals surface area contributed by atoms with Crippen molar-refractivity contribution in [3.05, 3.63) is 93.0 Å². The highest BCUT2D eigenvalue weighted by Crippen LogP contribution is 2.30. The SMILES string of the molecule is Cc1nn(Cc2cccc(NC(=O)c3cc(-c4c(C)nn(C)c4C)nc4ccccc34)c2)c(C)c1Br. The number of benzene rings is 2. The number of carbonyl (C=O) groups is 1. The fourth-order valence-corrected chi connectivity index (χ4v) is 4.87. The molecule has 5 rings (SSSR count). The number of fused-ring (bicyclic) bond motifs is 1. The van der Waals surface area contributed by atoms with Gasteiger partial charge in [0.2, 0.25) is 0 Å². The number of aryl methyl sites for hydroxylation is 3. The molecule has 7 nitrogen and oxygen atoms in total. The average molecular weight is 543 g/mol. The summed E-state index contributed by atoms with van der Waals surface area (Å²) in [4.78, 5) is 18.4. The molecule has 5 aromatic rings. The van der Waals surface area contributed by atoms with Gasteiger partial charge in [0.15, 0.2) is 0 Å². The number of rotatable bonds is 5. The topological polar surface area (TPSA) is 77.6 Å². The maximum atomic E-state index is 13.6. The van der Waals surface area contributed by atoms with Gasteiger partial charge in [-0.05, 0) is 73.5 Å². The van der Waals surface area contributed by atoms with Gasteiger partial charge in [-0.3, -0.25) is 14.2 Å². The number of carbonyl (C=O) groups excluding carboxylic acids is 1. The van der Waals surface area contributed by atoms with Crippen molar-refractivity contribution in [1.29, 1.82) is 0 Å². The van der Waals surface area contributed by atoms with Crippen LogP contribution in [0.3, 0.4) is 0 Å². The van der Waals surface area contributed by atoms with E-state index in [0.29, 0.717) is 12.1 Å². The van der Waals surface area contributed by atoms with E-state index in [-0.39, 0.29) is 5.91 Å². The van der Waals surface area contributed by atoms with E-state index < -0.39 is 0 Å². The molecule has 36 heavy (non-hydrogen) atoms. The molecule has 2 aromatic carbocycles. The smallest absolute Gasteiger partial charge is 0.256 e. The Hall–Kier alpha value is -3.78. The summed E-state index contributed by atoms with van der Waals surface area (Å²) in [5.74, 6) is -0.181. The first-order valence-corrected chi connectivity index (χ1v) is 12.5. The van der Waals surface area contributed by atoms with Gasteiger partial charge in [-0.2, -0.15) is 10.2 Å². The summed E-state index contributed by atoms with van der Waals surface area (Å²) in [5.41, 5.74) is 8.73. The van der Waals surface area contributed by atoms with Gasteiger partial charge in [-0.25, -0.2) is 4.98 Å². The van der Waals surface area contributed by atoms with E-state index in [9.17, 15) is 4.79 Å². The fraction of sp³-hybridized carbons (Fsp3) is 0.214. The molecule has 0 aliphatic carbocycles. The predicted octanol–water partition coefficient (Wildman–Crippen LogP) is 6.13. The number of anilines is 1. The lowest BCUT2D eigenvalue weighted by Gasteiger charge is -2.12. The van der Waals surface area contributed by atoms with Gasteiger partial charge in [-0.1, -0.05) is 30.3 Å². The fourth-order valence-electron chi connectivity index (χ4n) is 4.58. The summed E-state index contributed by atoms with van der Waals surface area (Å²) in [6, 6.07) is 17.5. The molecule has 8 heteroatoms. The van der Waals surface area contributed by atoms with Gasteiger partial charge >= 0.3 is 0 Å². The first kappa shape index (κ1) is 23.9. The molecule has 0 aliphatic rings. The van der Waals surface area contributed by atoms with Crippen molar-refractivity contribution >= 4 is 38.4 Å². The van der Waals surface area contributed by atoms with Crippen LogP contribution in [0, 0.1) is 27.7 Å². The Morgan fingerprint density at radius 1 is 0.944 bits per heavy atom. The summed E-state index contributed by atoms with van der Waals surface area (Å²) in [6.45, 7) is 8.61. The summed E-state index contributed by atoms with van der Waals surface area (Å²) in [6.07, 6.45) is 0. The standard InChI is InChI=1S/C28H27BrN6O/c1-16-26(18(3)34(5)32-16)25-14-23(22-11-6-7-12-24(22)31-25)28(36)30-21-10-8-9-20(13-21)15-35-19(4)27(29)17(2)33-35/h6-14H,15H2,1-5H3,(H,30,36). The minimum Gasteiger partial charge on any atom is -0.322 e. The maximum absolute atomic E-state index is 13.6. The lowest BCUT2D eigenvalue weighted by molar-refractivity contribution is 0.102. The van der Waals surface area contributed by atoms with E-state index >= 15 is 0 Å². The minimum atomic E-state index is -0.181. The van der Waals surface area contributed by atoms with E-state index in [1.807, 2.05) is 98.7 Å². The number of hydrogen-bond donors (Lipinski definition) is 1. The minimum absolute atomic E-state index is 0.181. The van der Waals surface area contributed by atoms with Gasteiger partial charge in [-0.15, -0.1) is 0 Å². The highest BCUT2D eigenvalue weighted by Gasteiger charge is 2.19. The molecule has 1 N–H and O–H groups in total. The van der Waals surface area contributed by atoms with Crippen LogP contribution < -0.4 is 5.32 Å². The number of aromatic nitrogens is 5. The maximum Gasteiger partial charge on any atom is 0.256 e. The van der Waals surface area contributed by atoms with E-state index in [1.165, 1.54) is 0 Å². The van der Waals surface area contributed by atoms with E-state index in [1.54, 1.807) is 0 Å². The van der Waals surface area contributed by atoms with Crippen LogP contribution in [0.15, 0.2) is 59.1 Å². The molecule has 1 amide bonds. The van der Waals surface area contributed by atoms with Gasteiger partial charge in [0.25, 0.3) is 5.91 Å². The average Bonchev–Trinajstić information content (AvgIpc) is 3.25. The van der Waals surface area contributed by atoms with Crippen molar-refractivity contribution in [3.63, 3.8) is 0 Å². The Kier molecular flexibility index (Phi) is 6.22. The zero-order chi connectivity index (χ0) is 25.6. The van der Waals surface area contributed by atoms with Crippen molar-refractivity contribution < 1.29 is 4.79 Å². The van der Waals surface area contributed by atoms with Crippen molar-refractivity contribution in [2.45, 2.75) is 34.2 Å². The number of para-hydroxylation sites is 1. The molecule has 0 fully saturated rings. The van der Waals surface area contributed by atoms with Crippen LogP contribution in [-0.4, -0.2) is 30.5 Å². The third kappa shape index (κ3) is 4.33. The van der Waals surface area contributed by atoms with Gasteiger partial charge in [0, 0.05) is 29.4 Å².